The molecular formula is C18H9F2NO2. The topological polar surface area (TPSA) is 37.4 Å². The minimum Gasteiger partial charge on any atom is -0.268 e. The van der Waals surface area contributed by atoms with Gasteiger partial charge in [0.05, 0.1) is 5.69 Å². The first-order valence-electron chi connectivity index (χ1n) is 6.93. The van der Waals surface area contributed by atoms with Crippen LogP contribution in [0.15, 0.2) is 54.6 Å². The number of carbonyl (C=O) groups is 2. The average molecular weight is 309 g/mol. The van der Waals surface area contributed by atoms with Crippen molar-refractivity contribution in [1.82, 2.24) is 0 Å². The Morgan fingerprint density at radius 1 is 0.783 bits per heavy atom. The highest BCUT2D eigenvalue weighted by molar-refractivity contribution is 6.35. The highest BCUT2D eigenvalue weighted by Crippen LogP contribution is 2.33. The number of rotatable bonds is 1. The zero-order valence-corrected chi connectivity index (χ0v) is 11.7. The number of benzene rings is 3. The summed E-state index contributed by atoms with van der Waals surface area (Å²) in [5, 5.41) is 1.32. The van der Waals surface area contributed by atoms with E-state index in [0.717, 1.165) is 22.4 Å². The molecule has 1 aliphatic rings. The van der Waals surface area contributed by atoms with E-state index in [0.29, 0.717) is 22.6 Å². The Hall–Kier alpha value is -3.08. The number of anilines is 1. The second-order valence-electron chi connectivity index (χ2n) is 5.25. The lowest BCUT2D eigenvalue weighted by Gasteiger charge is -2.27. The van der Waals surface area contributed by atoms with Crippen molar-refractivity contribution < 1.29 is 18.4 Å². The Labute approximate surface area is 129 Å². The van der Waals surface area contributed by atoms with Gasteiger partial charge in [-0.05, 0) is 29.7 Å². The zero-order valence-electron chi connectivity index (χ0n) is 11.7. The number of halogens is 2. The fourth-order valence-corrected chi connectivity index (χ4v) is 2.91. The molecule has 0 atom stereocenters. The molecule has 4 rings (SSSR count). The Balaban J connectivity index is 1.99. The molecular weight excluding hydrogens is 300 g/mol. The second-order valence-corrected chi connectivity index (χ2v) is 5.25. The molecule has 0 bridgehead atoms. The lowest BCUT2D eigenvalue weighted by atomic mass is 9.94. The van der Waals surface area contributed by atoms with Crippen molar-refractivity contribution in [2.45, 2.75) is 0 Å². The summed E-state index contributed by atoms with van der Waals surface area (Å²) in [4.78, 5) is 26.1. The van der Waals surface area contributed by atoms with Crippen LogP contribution in [-0.2, 0) is 0 Å². The first-order valence-corrected chi connectivity index (χ1v) is 6.93. The van der Waals surface area contributed by atoms with Crippen molar-refractivity contribution in [2.75, 3.05) is 4.90 Å². The number of amides is 2. The smallest absolute Gasteiger partial charge is 0.266 e. The molecule has 0 fully saturated rings. The van der Waals surface area contributed by atoms with Gasteiger partial charge in [0.25, 0.3) is 11.8 Å². The number of nitrogens with zero attached hydrogens (tertiary/aromatic N) is 1. The first kappa shape index (κ1) is 13.6. The molecule has 2 amide bonds. The Bertz CT molecular complexity index is 947. The van der Waals surface area contributed by atoms with Crippen LogP contribution in [0.1, 0.15) is 20.7 Å². The predicted octanol–water partition coefficient (Wildman–Crippen LogP) is 3.92. The molecule has 1 aliphatic heterocycles. The van der Waals surface area contributed by atoms with Gasteiger partial charge in [-0.15, -0.1) is 0 Å². The van der Waals surface area contributed by atoms with Gasteiger partial charge in [0.15, 0.2) is 0 Å². The second kappa shape index (κ2) is 4.71. The van der Waals surface area contributed by atoms with E-state index in [4.69, 9.17) is 0 Å². The van der Waals surface area contributed by atoms with E-state index in [9.17, 15) is 18.4 Å². The van der Waals surface area contributed by atoms with Gasteiger partial charge < -0.3 is 0 Å². The molecule has 0 radical (unpaired) electrons. The van der Waals surface area contributed by atoms with Crippen LogP contribution < -0.4 is 4.90 Å². The number of imide groups is 1. The Morgan fingerprint density at radius 3 is 1.96 bits per heavy atom. The normalized spacial score (nSPS) is 13.7. The minimum absolute atomic E-state index is 0.257. The zero-order chi connectivity index (χ0) is 16.1. The van der Waals surface area contributed by atoms with Crippen LogP contribution in [0.4, 0.5) is 14.5 Å². The lowest BCUT2D eigenvalue weighted by Crippen LogP contribution is -2.41. The van der Waals surface area contributed by atoms with Crippen LogP contribution >= 0.6 is 0 Å². The van der Waals surface area contributed by atoms with E-state index in [1.165, 1.54) is 0 Å². The van der Waals surface area contributed by atoms with Gasteiger partial charge in [0, 0.05) is 22.6 Å². The summed E-state index contributed by atoms with van der Waals surface area (Å²) < 4.78 is 27.2. The summed E-state index contributed by atoms with van der Waals surface area (Å²) in [6.45, 7) is 0. The van der Waals surface area contributed by atoms with Gasteiger partial charge in [-0.1, -0.05) is 24.3 Å². The monoisotopic (exact) mass is 309 g/mol. The van der Waals surface area contributed by atoms with Crippen molar-refractivity contribution in [3.63, 3.8) is 0 Å². The molecule has 0 N–H and O–H groups in total. The fourth-order valence-electron chi connectivity index (χ4n) is 2.91. The molecule has 0 unspecified atom stereocenters. The molecule has 0 aliphatic carbocycles. The minimum atomic E-state index is -0.960. The molecule has 3 aromatic carbocycles. The van der Waals surface area contributed by atoms with Crippen LogP contribution in [0.3, 0.4) is 0 Å². The fraction of sp³-hybridized carbons (Fsp3) is 0. The van der Waals surface area contributed by atoms with Gasteiger partial charge in [-0.3, -0.25) is 9.59 Å². The maximum Gasteiger partial charge on any atom is 0.266 e. The predicted molar refractivity (Wildman–Crippen MR) is 81.4 cm³/mol. The third-order valence-electron chi connectivity index (χ3n) is 3.92. The summed E-state index contributed by atoms with van der Waals surface area (Å²) >= 11 is 0. The summed E-state index contributed by atoms with van der Waals surface area (Å²) in [5.41, 5.74) is 0.385. The largest absolute Gasteiger partial charge is 0.268 e. The van der Waals surface area contributed by atoms with Crippen LogP contribution in [-0.4, -0.2) is 11.8 Å². The molecule has 0 saturated carbocycles. The van der Waals surface area contributed by atoms with Crippen LogP contribution in [0.25, 0.3) is 10.8 Å². The SMILES string of the molecule is O=C1c2cccc3cccc(c23)C(=O)N1c1ccc(F)cc1F. The van der Waals surface area contributed by atoms with Gasteiger partial charge >= 0.3 is 0 Å². The van der Waals surface area contributed by atoms with Crippen molar-refractivity contribution in [3.05, 3.63) is 77.4 Å². The molecule has 112 valence electrons. The van der Waals surface area contributed by atoms with Crippen LogP contribution in [0.5, 0.6) is 0 Å². The van der Waals surface area contributed by atoms with E-state index in [-0.39, 0.29) is 5.69 Å². The summed E-state index contributed by atoms with van der Waals surface area (Å²) in [6.07, 6.45) is 0. The maximum atomic E-state index is 14.1. The van der Waals surface area contributed by atoms with Crippen molar-refractivity contribution in [1.29, 1.82) is 0 Å². The summed E-state index contributed by atoms with van der Waals surface area (Å²) in [5.74, 6) is -2.97. The molecule has 23 heavy (non-hydrogen) atoms. The first-order chi connectivity index (χ1) is 11.1. The Kier molecular flexibility index (Phi) is 2.78. The highest BCUT2D eigenvalue weighted by Gasteiger charge is 2.35. The average Bonchev–Trinajstić information content (AvgIpc) is 2.54. The highest BCUT2D eigenvalue weighted by atomic mass is 19.1. The summed E-state index contributed by atoms with van der Waals surface area (Å²) in [7, 11) is 0. The van der Waals surface area contributed by atoms with E-state index < -0.39 is 23.4 Å². The van der Waals surface area contributed by atoms with Crippen LogP contribution in [0, 0.1) is 11.6 Å². The Morgan fingerprint density at radius 2 is 1.39 bits per heavy atom. The lowest BCUT2D eigenvalue weighted by molar-refractivity contribution is 0.0892. The number of carbonyl (C=O) groups excluding carboxylic acids is 2. The molecule has 0 saturated heterocycles. The molecule has 0 spiro atoms. The summed E-state index contributed by atoms with van der Waals surface area (Å²) in [6, 6.07) is 13.0. The van der Waals surface area contributed by atoms with E-state index in [2.05, 4.69) is 0 Å². The van der Waals surface area contributed by atoms with Crippen molar-refractivity contribution >= 4 is 28.3 Å². The third kappa shape index (κ3) is 1.86. The molecule has 3 aromatic rings. The van der Waals surface area contributed by atoms with Crippen LogP contribution in [0.2, 0.25) is 0 Å². The van der Waals surface area contributed by atoms with Gasteiger partial charge in [-0.2, -0.15) is 0 Å². The van der Waals surface area contributed by atoms with Crippen molar-refractivity contribution in [2.24, 2.45) is 0 Å². The van der Waals surface area contributed by atoms with Gasteiger partial charge in [-0.25, -0.2) is 13.7 Å². The molecule has 0 aromatic heterocycles. The van der Waals surface area contributed by atoms with E-state index >= 15 is 0 Å². The van der Waals surface area contributed by atoms with E-state index in [1.54, 1.807) is 36.4 Å². The maximum absolute atomic E-state index is 14.1. The van der Waals surface area contributed by atoms with Crippen molar-refractivity contribution in [3.8, 4) is 0 Å². The number of hydrogen-bond donors (Lipinski definition) is 0. The van der Waals surface area contributed by atoms with Gasteiger partial charge in [0.1, 0.15) is 11.6 Å². The quantitative estimate of drug-likeness (QED) is 0.639. The molecule has 5 heteroatoms. The molecule has 3 nitrogen and oxygen atoms in total. The van der Waals surface area contributed by atoms with Gasteiger partial charge in [0.2, 0.25) is 0 Å². The number of hydrogen-bond acceptors (Lipinski definition) is 2. The standard InChI is InChI=1S/C18H9F2NO2/c19-11-7-8-15(14(20)9-11)21-17(22)12-5-1-3-10-4-2-6-13(16(10)12)18(21)23/h1-9H. The van der Waals surface area contributed by atoms with E-state index in [1.807, 2.05) is 0 Å². The third-order valence-corrected chi connectivity index (χ3v) is 3.92. The molecule has 1 heterocycles.